The number of aliphatic hydroxyl groups excluding tert-OH is 1. The van der Waals surface area contributed by atoms with Gasteiger partial charge >= 0.3 is 6.36 Å². The van der Waals surface area contributed by atoms with E-state index in [1.165, 1.54) is 0 Å². The van der Waals surface area contributed by atoms with Crippen LogP contribution in [0.2, 0.25) is 0 Å². The highest BCUT2D eigenvalue weighted by Gasteiger charge is 2.31. The summed E-state index contributed by atoms with van der Waals surface area (Å²) in [4.78, 5) is -0.375. The summed E-state index contributed by atoms with van der Waals surface area (Å²) in [5.41, 5.74) is 0. The van der Waals surface area contributed by atoms with Crippen molar-refractivity contribution in [2.24, 2.45) is 5.92 Å². The first-order valence-electron chi connectivity index (χ1n) is 6.05. The molecule has 0 aliphatic rings. The molecule has 0 radical (unpaired) electrons. The maximum atomic E-state index is 12.1. The lowest BCUT2D eigenvalue weighted by atomic mass is 10.1. The van der Waals surface area contributed by atoms with Crippen molar-refractivity contribution in [1.29, 1.82) is 0 Å². The molecular formula is C12H16F3NO4S. The Bertz CT molecular complexity index is 572. The quantitative estimate of drug-likeness (QED) is 0.836. The number of hydrogen-bond acceptors (Lipinski definition) is 4. The Morgan fingerprint density at radius 1 is 1.33 bits per heavy atom. The molecule has 120 valence electrons. The van der Waals surface area contributed by atoms with Crippen molar-refractivity contribution in [2.75, 3.05) is 6.54 Å². The zero-order chi connectivity index (χ0) is 16.3. The Balaban J connectivity index is 2.86. The highest BCUT2D eigenvalue weighted by Crippen LogP contribution is 2.24. The molecule has 0 amide bonds. The van der Waals surface area contributed by atoms with Crippen molar-refractivity contribution in [3.05, 3.63) is 24.3 Å². The molecule has 0 heterocycles. The molecular weight excluding hydrogens is 311 g/mol. The fourth-order valence-electron chi connectivity index (χ4n) is 1.35. The molecule has 0 aliphatic carbocycles. The molecule has 1 aromatic carbocycles. The molecule has 21 heavy (non-hydrogen) atoms. The van der Waals surface area contributed by atoms with Gasteiger partial charge < -0.3 is 9.84 Å². The normalized spacial score (nSPS) is 14.2. The molecule has 1 unspecified atom stereocenters. The average Bonchev–Trinajstić information content (AvgIpc) is 2.34. The first kappa shape index (κ1) is 17.7. The Labute approximate surface area is 120 Å². The van der Waals surface area contributed by atoms with Crippen LogP contribution in [0.15, 0.2) is 29.2 Å². The summed E-state index contributed by atoms with van der Waals surface area (Å²) in [6.07, 6.45) is -5.79. The highest BCUT2D eigenvalue weighted by atomic mass is 32.2. The second-order valence-corrected chi connectivity index (χ2v) is 6.45. The first-order chi connectivity index (χ1) is 9.51. The minimum Gasteiger partial charge on any atom is -0.406 e. The molecule has 0 saturated heterocycles. The first-order valence-corrected chi connectivity index (χ1v) is 7.53. The predicted octanol–water partition coefficient (Wildman–Crippen LogP) is 1.88. The van der Waals surface area contributed by atoms with Crippen LogP contribution in [0.1, 0.15) is 13.8 Å². The van der Waals surface area contributed by atoms with Crippen molar-refractivity contribution in [3.8, 4) is 5.75 Å². The summed E-state index contributed by atoms with van der Waals surface area (Å²) in [6, 6.07) is 4.02. The smallest absolute Gasteiger partial charge is 0.406 e. The number of benzene rings is 1. The van der Waals surface area contributed by atoms with Crippen molar-refractivity contribution >= 4 is 10.0 Å². The van der Waals surface area contributed by atoms with Gasteiger partial charge in [-0.1, -0.05) is 19.9 Å². The third kappa shape index (κ3) is 5.90. The highest BCUT2D eigenvalue weighted by molar-refractivity contribution is 7.89. The van der Waals surface area contributed by atoms with Gasteiger partial charge in [-0.25, -0.2) is 13.1 Å². The monoisotopic (exact) mass is 327 g/mol. The molecule has 1 atom stereocenters. The number of rotatable bonds is 6. The van der Waals surface area contributed by atoms with Gasteiger partial charge in [-0.3, -0.25) is 0 Å². The number of aliphatic hydroxyl groups is 1. The average molecular weight is 327 g/mol. The molecule has 1 rings (SSSR count). The molecule has 2 N–H and O–H groups in total. The molecule has 0 saturated carbocycles. The second kappa shape index (κ2) is 6.63. The van der Waals surface area contributed by atoms with Crippen molar-refractivity contribution in [2.45, 2.75) is 31.2 Å². The van der Waals surface area contributed by atoms with Crippen LogP contribution in [-0.4, -0.2) is 32.5 Å². The summed E-state index contributed by atoms with van der Waals surface area (Å²) < 4.78 is 65.9. The van der Waals surface area contributed by atoms with Crippen molar-refractivity contribution in [3.63, 3.8) is 0 Å². The van der Waals surface area contributed by atoms with Crippen LogP contribution in [-0.2, 0) is 10.0 Å². The Kier molecular flexibility index (Phi) is 5.60. The van der Waals surface area contributed by atoms with E-state index in [9.17, 15) is 26.7 Å². The minimum atomic E-state index is -4.90. The molecule has 0 bridgehead atoms. The van der Waals surface area contributed by atoms with E-state index in [4.69, 9.17) is 0 Å². The summed E-state index contributed by atoms with van der Waals surface area (Å²) in [6.45, 7) is 3.18. The zero-order valence-corrected chi connectivity index (χ0v) is 12.2. The maximum absolute atomic E-state index is 12.1. The molecule has 0 aliphatic heterocycles. The number of alkyl halides is 3. The van der Waals surface area contributed by atoms with Crippen molar-refractivity contribution < 1.29 is 31.4 Å². The lowest BCUT2D eigenvalue weighted by Crippen LogP contribution is -2.34. The van der Waals surface area contributed by atoms with E-state index in [0.29, 0.717) is 0 Å². The number of nitrogens with one attached hydrogen (secondary N) is 1. The van der Waals surface area contributed by atoms with Gasteiger partial charge in [-0.05, 0) is 18.1 Å². The SMILES string of the molecule is CC(C)C(O)CNS(=O)(=O)c1cccc(OC(F)(F)F)c1. The molecule has 9 heteroatoms. The fourth-order valence-corrected chi connectivity index (χ4v) is 2.44. The Hall–Kier alpha value is -1.32. The number of halogens is 3. The summed E-state index contributed by atoms with van der Waals surface area (Å²) in [5, 5.41) is 9.54. The molecule has 5 nitrogen and oxygen atoms in total. The number of hydrogen-bond donors (Lipinski definition) is 2. The van der Waals surface area contributed by atoms with E-state index in [1.54, 1.807) is 13.8 Å². The van der Waals surface area contributed by atoms with Crippen LogP contribution < -0.4 is 9.46 Å². The van der Waals surface area contributed by atoms with Gasteiger partial charge in [0.1, 0.15) is 5.75 Å². The standard InChI is InChI=1S/C12H16F3NO4S/c1-8(2)11(17)7-16-21(18,19)10-5-3-4-9(6-10)20-12(13,14)15/h3-6,8,11,16-17H,7H2,1-2H3. The van der Waals surface area contributed by atoms with Gasteiger partial charge in [0.2, 0.25) is 10.0 Å². The van der Waals surface area contributed by atoms with E-state index in [0.717, 1.165) is 24.3 Å². The lowest BCUT2D eigenvalue weighted by Gasteiger charge is -2.15. The van der Waals surface area contributed by atoms with E-state index < -0.39 is 28.2 Å². The van der Waals surface area contributed by atoms with Gasteiger partial charge in [0.05, 0.1) is 11.0 Å². The zero-order valence-electron chi connectivity index (χ0n) is 11.4. The Morgan fingerprint density at radius 2 is 1.95 bits per heavy atom. The number of ether oxygens (including phenoxy) is 1. The summed E-state index contributed by atoms with van der Waals surface area (Å²) in [7, 11) is -4.02. The van der Waals surface area contributed by atoms with E-state index in [-0.39, 0.29) is 17.4 Å². The fraction of sp³-hybridized carbons (Fsp3) is 0.500. The van der Waals surface area contributed by atoms with Crippen LogP contribution in [0, 0.1) is 5.92 Å². The van der Waals surface area contributed by atoms with Crippen LogP contribution >= 0.6 is 0 Å². The van der Waals surface area contributed by atoms with Gasteiger partial charge in [0, 0.05) is 12.6 Å². The van der Waals surface area contributed by atoms with E-state index >= 15 is 0 Å². The largest absolute Gasteiger partial charge is 0.573 e. The molecule has 0 aromatic heterocycles. The molecule has 0 spiro atoms. The summed E-state index contributed by atoms with van der Waals surface area (Å²) >= 11 is 0. The van der Waals surface area contributed by atoms with Gasteiger partial charge in [-0.15, -0.1) is 13.2 Å². The van der Waals surface area contributed by atoms with Gasteiger partial charge in [0.15, 0.2) is 0 Å². The van der Waals surface area contributed by atoms with Gasteiger partial charge in [-0.2, -0.15) is 0 Å². The van der Waals surface area contributed by atoms with E-state index in [2.05, 4.69) is 9.46 Å². The van der Waals surface area contributed by atoms with Crippen molar-refractivity contribution in [1.82, 2.24) is 4.72 Å². The third-order valence-electron chi connectivity index (χ3n) is 2.60. The van der Waals surface area contributed by atoms with Crippen LogP contribution in [0.3, 0.4) is 0 Å². The van der Waals surface area contributed by atoms with E-state index in [1.807, 2.05) is 0 Å². The van der Waals surface area contributed by atoms with Crippen LogP contribution in [0.5, 0.6) is 5.75 Å². The number of sulfonamides is 1. The summed E-state index contributed by atoms with van der Waals surface area (Å²) in [5.74, 6) is -0.789. The minimum absolute atomic E-state index is 0.160. The topological polar surface area (TPSA) is 75.6 Å². The third-order valence-corrected chi connectivity index (χ3v) is 4.02. The maximum Gasteiger partial charge on any atom is 0.573 e. The Morgan fingerprint density at radius 3 is 2.48 bits per heavy atom. The second-order valence-electron chi connectivity index (χ2n) is 4.69. The molecule has 1 aromatic rings. The lowest BCUT2D eigenvalue weighted by molar-refractivity contribution is -0.274. The van der Waals surface area contributed by atoms with Gasteiger partial charge in [0.25, 0.3) is 0 Å². The predicted molar refractivity (Wildman–Crippen MR) is 69.2 cm³/mol. The van der Waals surface area contributed by atoms with Crippen LogP contribution in [0.25, 0.3) is 0 Å². The molecule has 0 fully saturated rings. The van der Waals surface area contributed by atoms with Crippen LogP contribution in [0.4, 0.5) is 13.2 Å².